The van der Waals surface area contributed by atoms with Crippen molar-refractivity contribution in [2.45, 2.75) is 76.3 Å². The van der Waals surface area contributed by atoms with Crippen LogP contribution in [0.3, 0.4) is 0 Å². The van der Waals surface area contributed by atoms with Gasteiger partial charge in [-0.25, -0.2) is 10.3 Å². The van der Waals surface area contributed by atoms with Crippen molar-refractivity contribution in [3.05, 3.63) is 0 Å². The maximum Gasteiger partial charge on any atom is 0.355 e. The molecule has 5 nitrogen and oxygen atoms in total. The zero-order chi connectivity index (χ0) is 16.1. The van der Waals surface area contributed by atoms with E-state index >= 15 is 0 Å². The summed E-state index contributed by atoms with van der Waals surface area (Å²) in [6, 6.07) is 1.09. The molecule has 130 valence electrons. The Kier molecular flexibility index (Phi) is 5.79. The van der Waals surface area contributed by atoms with Crippen molar-refractivity contribution in [1.82, 2.24) is 15.5 Å². The molecular formula is C18H34N5+. The molecule has 0 aromatic heterocycles. The molecule has 3 rings (SSSR count). The van der Waals surface area contributed by atoms with Gasteiger partial charge in [-0.1, -0.05) is 38.5 Å². The van der Waals surface area contributed by atoms with Crippen LogP contribution in [0.1, 0.15) is 64.2 Å². The summed E-state index contributed by atoms with van der Waals surface area (Å²) in [6.45, 7) is 2.16. The Hall–Kier alpha value is -1.26. The van der Waals surface area contributed by atoms with Crippen molar-refractivity contribution in [1.29, 1.82) is 0 Å². The molecule has 2 fully saturated rings. The molecule has 23 heavy (non-hydrogen) atoms. The van der Waals surface area contributed by atoms with Crippen LogP contribution in [0, 0.1) is 0 Å². The molecule has 0 aromatic rings. The smallest absolute Gasteiger partial charge is 0.340 e. The number of likely N-dealkylation sites (N-methyl/N-ethyl adjacent to an activating group) is 2. The summed E-state index contributed by atoms with van der Waals surface area (Å²) in [5.74, 6) is 2.20. The summed E-state index contributed by atoms with van der Waals surface area (Å²) < 4.78 is 2.29. The van der Waals surface area contributed by atoms with Gasteiger partial charge in [-0.05, 0) is 25.7 Å². The standard InChI is InChI=1S/C18H33N5/c1-22-13-14-23(2)18(22)21-17(19-15-9-5-3-6-10-15)20-16-11-7-4-8-12-16/h15-16H,3-14H2,1-2H3,(H,19,20)/p+1. The summed E-state index contributed by atoms with van der Waals surface area (Å²) in [4.78, 5) is 7.37. The molecule has 2 saturated carbocycles. The van der Waals surface area contributed by atoms with Gasteiger partial charge in [0, 0.05) is 6.04 Å². The molecule has 5 heteroatoms. The van der Waals surface area contributed by atoms with E-state index in [2.05, 4.69) is 34.2 Å². The molecule has 3 aliphatic rings. The fourth-order valence-corrected chi connectivity index (χ4v) is 4.04. The van der Waals surface area contributed by atoms with Gasteiger partial charge < -0.3 is 5.32 Å². The van der Waals surface area contributed by atoms with Gasteiger partial charge in [-0.15, -0.1) is 0 Å². The Morgan fingerprint density at radius 3 is 2.30 bits per heavy atom. The SMILES string of the molecule is CN1CC[N+](C)=C1NC(=NC1CCCCC1)NC1CCCCC1. The van der Waals surface area contributed by atoms with Crippen molar-refractivity contribution in [3.63, 3.8) is 0 Å². The van der Waals surface area contributed by atoms with E-state index in [1.54, 1.807) is 0 Å². The second-order valence-corrected chi connectivity index (χ2v) is 7.54. The van der Waals surface area contributed by atoms with Crippen LogP contribution in [0.25, 0.3) is 0 Å². The highest BCUT2D eigenvalue weighted by Crippen LogP contribution is 2.21. The molecule has 2 aliphatic carbocycles. The summed E-state index contributed by atoms with van der Waals surface area (Å²) in [5, 5.41) is 7.35. The van der Waals surface area contributed by atoms with Gasteiger partial charge in [0.25, 0.3) is 5.96 Å². The third kappa shape index (κ3) is 4.61. The Bertz CT molecular complexity index is 444. The fraction of sp³-hybridized carbons (Fsp3) is 0.889. The van der Waals surface area contributed by atoms with Gasteiger partial charge >= 0.3 is 5.96 Å². The lowest BCUT2D eigenvalue weighted by Gasteiger charge is -2.25. The first-order valence-electron chi connectivity index (χ1n) is 9.63. The van der Waals surface area contributed by atoms with Crippen LogP contribution in [0.15, 0.2) is 4.99 Å². The maximum atomic E-state index is 5.08. The van der Waals surface area contributed by atoms with Crippen LogP contribution in [0.4, 0.5) is 0 Å². The predicted molar refractivity (Wildman–Crippen MR) is 96.1 cm³/mol. The third-order valence-corrected chi connectivity index (χ3v) is 5.56. The van der Waals surface area contributed by atoms with Crippen LogP contribution in [-0.4, -0.2) is 60.7 Å². The Morgan fingerprint density at radius 1 is 1.04 bits per heavy atom. The number of aliphatic imine (C=N–C) groups is 1. The van der Waals surface area contributed by atoms with Gasteiger partial charge in [0.2, 0.25) is 0 Å². The predicted octanol–water partition coefficient (Wildman–Crippen LogP) is 2.13. The van der Waals surface area contributed by atoms with Gasteiger partial charge in [-0.3, -0.25) is 9.48 Å². The lowest BCUT2D eigenvalue weighted by Crippen LogP contribution is -2.51. The van der Waals surface area contributed by atoms with Gasteiger partial charge in [0.1, 0.15) is 0 Å². The second-order valence-electron chi connectivity index (χ2n) is 7.54. The topological polar surface area (TPSA) is 42.7 Å². The minimum absolute atomic E-state index is 0.500. The van der Waals surface area contributed by atoms with Crippen molar-refractivity contribution in [2.24, 2.45) is 4.99 Å². The van der Waals surface area contributed by atoms with Gasteiger partial charge in [0.15, 0.2) is 0 Å². The van der Waals surface area contributed by atoms with E-state index in [9.17, 15) is 0 Å². The van der Waals surface area contributed by atoms with Crippen LogP contribution in [-0.2, 0) is 0 Å². The molecule has 0 amide bonds. The quantitative estimate of drug-likeness (QED) is 0.465. The molecule has 0 aromatic carbocycles. The molecule has 0 bridgehead atoms. The Balaban J connectivity index is 1.69. The number of nitrogens with one attached hydrogen (secondary N) is 2. The van der Waals surface area contributed by atoms with Crippen molar-refractivity contribution in [3.8, 4) is 0 Å². The zero-order valence-electron chi connectivity index (χ0n) is 15.0. The minimum atomic E-state index is 0.500. The highest BCUT2D eigenvalue weighted by atomic mass is 15.4. The van der Waals surface area contributed by atoms with Crippen molar-refractivity contribution >= 4 is 11.9 Å². The van der Waals surface area contributed by atoms with E-state index in [1.165, 1.54) is 70.2 Å². The molecule has 2 N–H and O–H groups in total. The summed E-state index contributed by atoms with van der Waals surface area (Å²) in [6.07, 6.45) is 13.2. The number of hydrogen-bond acceptors (Lipinski definition) is 2. The first kappa shape index (κ1) is 16.6. The van der Waals surface area contributed by atoms with Crippen LogP contribution < -0.4 is 10.6 Å². The van der Waals surface area contributed by atoms with E-state index < -0.39 is 0 Å². The van der Waals surface area contributed by atoms with E-state index in [0.29, 0.717) is 12.1 Å². The average Bonchev–Trinajstić information content (AvgIpc) is 2.89. The van der Waals surface area contributed by atoms with Crippen molar-refractivity contribution < 1.29 is 4.58 Å². The second kappa shape index (κ2) is 8.02. The molecular weight excluding hydrogens is 286 g/mol. The highest BCUT2D eigenvalue weighted by molar-refractivity contribution is 5.97. The zero-order valence-corrected chi connectivity index (χ0v) is 15.0. The monoisotopic (exact) mass is 320 g/mol. The number of guanidine groups is 2. The molecule has 1 heterocycles. The Labute approximate surface area is 141 Å². The molecule has 1 aliphatic heterocycles. The van der Waals surface area contributed by atoms with Gasteiger partial charge in [0.05, 0.1) is 33.2 Å². The molecule has 0 unspecified atom stereocenters. The molecule has 0 spiro atoms. The van der Waals surface area contributed by atoms with Crippen LogP contribution in [0.5, 0.6) is 0 Å². The highest BCUT2D eigenvalue weighted by Gasteiger charge is 2.27. The lowest BCUT2D eigenvalue weighted by molar-refractivity contribution is -0.488. The minimum Gasteiger partial charge on any atom is -0.340 e. The first-order valence-corrected chi connectivity index (χ1v) is 9.63. The van der Waals surface area contributed by atoms with Gasteiger partial charge in [-0.2, -0.15) is 0 Å². The number of rotatable bonds is 2. The fourth-order valence-electron chi connectivity index (χ4n) is 4.04. The molecule has 0 saturated heterocycles. The number of nitrogens with zero attached hydrogens (tertiary/aromatic N) is 3. The number of hydrogen-bond donors (Lipinski definition) is 2. The van der Waals surface area contributed by atoms with E-state index in [0.717, 1.165) is 19.0 Å². The van der Waals surface area contributed by atoms with Crippen LogP contribution >= 0.6 is 0 Å². The summed E-state index contributed by atoms with van der Waals surface area (Å²) in [7, 11) is 4.31. The lowest BCUT2D eigenvalue weighted by atomic mass is 9.95. The normalized spacial score (nSPS) is 25.1. The van der Waals surface area contributed by atoms with Crippen LogP contribution in [0.2, 0.25) is 0 Å². The average molecular weight is 321 g/mol. The third-order valence-electron chi connectivity index (χ3n) is 5.56. The van der Waals surface area contributed by atoms with E-state index in [4.69, 9.17) is 4.99 Å². The van der Waals surface area contributed by atoms with Crippen molar-refractivity contribution in [2.75, 3.05) is 27.2 Å². The summed E-state index contributed by atoms with van der Waals surface area (Å²) >= 11 is 0. The largest absolute Gasteiger partial charge is 0.355 e. The Morgan fingerprint density at radius 2 is 1.70 bits per heavy atom. The molecule has 0 radical (unpaired) electrons. The summed E-state index contributed by atoms with van der Waals surface area (Å²) in [5.41, 5.74) is 0. The first-order chi connectivity index (χ1) is 11.2. The maximum absolute atomic E-state index is 5.08. The van der Waals surface area contributed by atoms with E-state index in [-0.39, 0.29) is 0 Å². The molecule has 0 atom stereocenters. The van der Waals surface area contributed by atoms with E-state index in [1.807, 2.05) is 0 Å².